The van der Waals surface area contributed by atoms with Crippen molar-refractivity contribution in [3.05, 3.63) is 70.9 Å². The van der Waals surface area contributed by atoms with Gasteiger partial charge in [-0.2, -0.15) is 5.10 Å². The quantitative estimate of drug-likeness (QED) is 0.613. The normalized spacial score (nSPS) is 11.0. The monoisotopic (exact) mass is 302 g/mol. The van der Waals surface area contributed by atoms with Gasteiger partial charge in [-0.05, 0) is 41.1 Å². The van der Waals surface area contributed by atoms with Crippen LogP contribution in [0.2, 0.25) is 0 Å². The van der Waals surface area contributed by atoms with E-state index in [-0.39, 0.29) is 5.43 Å². The smallest absolute Gasteiger partial charge is 0.215 e. The third-order valence-corrected chi connectivity index (χ3v) is 4.00. The fourth-order valence-electron chi connectivity index (χ4n) is 2.77. The molecule has 0 spiro atoms. The molecule has 0 aliphatic rings. The molecule has 1 aromatic heterocycles. The summed E-state index contributed by atoms with van der Waals surface area (Å²) < 4.78 is 5.24. The highest BCUT2D eigenvalue weighted by molar-refractivity contribution is 5.89. The van der Waals surface area contributed by atoms with E-state index in [0.29, 0.717) is 11.1 Å². The molecule has 1 heterocycles. The van der Waals surface area contributed by atoms with Crippen LogP contribution >= 0.6 is 0 Å². The number of methoxy groups -OCH3 is 1. The highest BCUT2D eigenvalue weighted by Gasteiger charge is 2.09. The number of aromatic nitrogens is 2. The Kier molecular flexibility index (Phi) is 3.08. The average molecular weight is 302 g/mol. The van der Waals surface area contributed by atoms with Crippen LogP contribution < -0.4 is 10.2 Å². The standard InChI is InChI=1S/C19H14N2O2/c1-23-15-9-8-12-10-14(7-6-13(12)11-15)18-19(22)16-4-2-3-5-17(16)20-21-18/h2-11H,1H3,(H,20,22). The maximum absolute atomic E-state index is 12.7. The molecule has 0 amide bonds. The zero-order valence-corrected chi connectivity index (χ0v) is 12.5. The fraction of sp³-hybridized carbons (Fsp3) is 0.0526. The van der Waals surface area contributed by atoms with Crippen molar-refractivity contribution in [2.24, 2.45) is 0 Å². The zero-order chi connectivity index (χ0) is 15.8. The van der Waals surface area contributed by atoms with Crippen LogP contribution in [0.15, 0.2) is 65.5 Å². The molecular formula is C19H14N2O2. The summed E-state index contributed by atoms with van der Waals surface area (Å²) >= 11 is 0. The maximum atomic E-state index is 12.7. The van der Waals surface area contributed by atoms with E-state index in [9.17, 15) is 4.79 Å². The molecule has 0 bridgehead atoms. The third-order valence-electron chi connectivity index (χ3n) is 4.00. The summed E-state index contributed by atoms with van der Waals surface area (Å²) in [5.74, 6) is 0.812. The summed E-state index contributed by atoms with van der Waals surface area (Å²) in [6.45, 7) is 0. The second-order valence-electron chi connectivity index (χ2n) is 5.37. The van der Waals surface area contributed by atoms with Gasteiger partial charge < -0.3 is 4.74 Å². The van der Waals surface area contributed by atoms with E-state index in [0.717, 1.165) is 27.6 Å². The average Bonchev–Trinajstić information content (AvgIpc) is 2.61. The molecule has 112 valence electrons. The lowest BCUT2D eigenvalue weighted by Gasteiger charge is -2.06. The van der Waals surface area contributed by atoms with Crippen molar-refractivity contribution < 1.29 is 4.74 Å². The molecule has 0 saturated carbocycles. The van der Waals surface area contributed by atoms with Gasteiger partial charge in [0.25, 0.3) is 0 Å². The summed E-state index contributed by atoms with van der Waals surface area (Å²) in [6.07, 6.45) is 0. The second-order valence-corrected chi connectivity index (χ2v) is 5.37. The number of fused-ring (bicyclic) bond motifs is 2. The predicted molar refractivity (Wildman–Crippen MR) is 91.9 cm³/mol. The van der Waals surface area contributed by atoms with Gasteiger partial charge in [0.15, 0.2) is 0 Å². The van der Waals surface area contributed by atoms with E-state index in [2.05, 4.69) is 10.2 Å². The first-order chi connectivity index (χ1) is 11.3. The largest absolute Gasteiger partial charge is 0.497 e. The van der Waals surface area contributed by atoms with Gasteiger partial charge in [-0.3, -0.25) is 9.89 Å². The van der Waals surface area contributed by atoms with Crippen molar-refractivity contribution in [3.8, 4) is 17.0 Å². The van der Waals surface area contributed by atoms with Crippen LogP contribution in [0.4, 0.5) is 0 Å². The van der Waals surface area contributed by atoms with Crippen molar-refractivity contribution in [1.82, 2.24) is 10.2 Å². The molecule has 0 aliphatic heterocycles. The van der Waals surface area contributed by atoms with Crippen LogP contribution in [-0.2, 0) is 0 Å². The summed E-state index contributed by atoms with van der Waals surface area (Å²) in [7, 11) is 1.65. The lowest BCUT2D eigenvalue weighted by Crippen LogP contribution is -2.09. The Balaban J connectivity index is 1.92. The van der Waals surface area contributed by atoms with Crippen LogP contribution in [0.1, 0.15) is 0 Å². The number of para-hydroxylation sites is 1. The minimum Gasteiger partial charge on any atom is -0.497 e. The first kappa shape index (κ1) is 13.5. The molecule has 0 atom stereocenters. The molecule has 23 heavy (non-hydrogen) atoms. The highest BCUT2D eigenvalue weighted by atomic mass is 16.5. The van der Waals surface area contributed by atoms with E-state index < -0.39 is 0 Å². The van der Waals surface area contributed by atoms with E-state index in [4.69, 9.17) is 4.74 Å². The number of nitrogens with one attached hydrogen (secondary N) is 1. The minimum absolute atomic E-state index is 0.0628. The van der Waals surface area contributed by atoms with E-state index in [1.165, 1.54) is 0 Å². The fourth-order valence-corrected chi connectivity index (χ4v) is 2.77. The van der Waals surface area contributed by atoms with Crippen LogP contribution in [0, 0.1) is 0 Å². The lowest BCUT2D eigenvalue weighted by atomic mass is 10.0. The third kappa shape index (κ3) is 2.25. The van der Waals surface area contributed by atoms with Crippen molar-refractivity contribution in [3.63, 3.8) is 0 Å². The Morgan fingerprint density at radius 3 is 2.61 bits per heavy atom. The number of rotatable bonds is 2. The van der Waals surface area contributed by atoms with E-state index in [1.807, 2.05) is 60.7 Å². The van der Waals surface area contributed by atoms with E-state index in [1.54, 1.807) is 7.11 Å². The van der Waals surface area contributed by atoms with Crippen molar-refractivity contribution in [2.45, 2.75) is 0 Å². The molecule has 0 aliphatic carbocycles. The number of H-pyrrole nitrogens is 1. The van der Waals surface area contributed by atoms with Gasteiger partial charge in [0.1, 0.15) is 11.4 Å². The number of hydrogen-bond acceptors (Lipinski definition) is 3. The molecule has 3 aromatic carbocycles. The Morgan fingerprint density at radius 1 is 0.957 bits per heavy atom. The number of hydrogen-bond donors (Lipinski definition) is 1. The number of aromatic amines is 1. The lowest BCUT2D eigenvalue weighted by molar-refractivity contribution is 0.415. The highest BCUT2D eigenvalue weighted by Crippen LogP contribution is 2.25. The van der Waals surface area contributed by atoms with Gasteiger partial charge in [-0.1, -0.05) is 30.3 Å². The molecule has 0 saturated heterocycles. The van der Waals surface area contributed by atoms with Crippen LogP contribution in [0.25, 0.3) is 32.9 Å². The predicted octanol–water partition coefficient (Wildman–Crippen LogP) is 3.75. The number of ether oxygens (including phenoxy) is 1. The van der Waals surface area contributed by atoms with E-state index >= 15 is 0 Å². The Hall–Kier alpha value is -3.14. The SMILES string of the molecule is COc1ccc2cc(-c3n[nH]c4ccccc4c3=O)ccc2c1. The van der Waals surface area contributed by atoms with Gasteiger partial charge >= 0.3 is 0 Å². The van der Waals surface area contributed by atoms with Crippen molar-refractivity contribution in [2.75, 3.05) is 7.11 Å². The molecule has 4 heteroatoms. The molecule has 1 N–H and O–H groups in total. The second kappa shape index (κ2) is 5.25. The molecular weight excluding hydrogens is 288 g/mol. The van der Waals surface area contributed by atoms with Crippen molar-refractivity contribution >= 4 is 21.7 Å². The maximum Gasteiger partial charge on any atom is 0.215 e. The first-order valence-corrected chi connectivity index (χ1v) is 7.32. The number of nitrogens with zero attached hydrogens (tertiary/aromatic N) is 1. The first-order valence-electron chi connectivity index (χ1n) is 7.32. The molecule has 0 unspecified atom stereocenters. The Morgan fingerprint density at radius 2 is 1.74 bits per heavy atom. The zero-order valence-electron chi connectivity index (χ0n) is 12.5. The Labute approximate surface area is 132 Å². The summed E-state index contributed by atoms with van der Waals surface area (Å²) in [4.78, 5) is 12.7. The molecule has 0 radical (unpaired) electrons. The molecule has 4 nitrogen and oxygen atoms in total. The van der Waals surface area contributed by atoms with Crippen LogP contribution in [0.3, 0.4) is 0 Å². The van der Waals surface area contributed by atoms with Gasteiger partial charge in [-0.15, -0.1) is 0 Å². The minimum atomic E-state index is -0.0628. The summed E-state index contributed by atoms with van der Waals surface area (Å²) in [6, 6.07) is 19.1. The van der Waals surface area contributed by atoms with Gasteiger partial charge in [0.2, 0.25) is 5.43 Å². The van der Waals surface area contributed by atoms with Gasteiger partial charge in [0, 0.05) is 10.9 Å². The topological polar surface area (TPSA) is 55.0 Å². The molecule has 4 aromatic rings. The summed E-state index contributed by atoms with van der Waals surface area (Å²) in [5.41, 5.74) is 1.91. The van der Waals surface area contributed by atoms with Crippen molar-refractivity contribution in [1.29, 1.82) is 0 Å². The molecule has 0 fully saturated rings. The van der Waals surface area contributed by atoms with Gasteiger partial charge in [-0.25, -0.2) is 0 Å². The van der Waals surface area contributed by atoms with Crippen LogP contribution in [0.5, 0.6) is 5.75 Å². The van der Waals surface area contributed by atoms with Gasteiger partial charge in [0.05, 0.1) is 12.6 Å². The molecule has 4 rings (SSSR count). The number of benzene rings is 3. The van der Waals surface area contributed by atoms with Crippen LogP contribution in [-0.4, -0.2) is 17.3 Å². The summed E-state index contributed by atoms with van der Waals surface area (Å²) in [5, 5.41) is 9.96. The Bertz CT molecular complexity index is 1080.